The molecule has 1 saturated carbocycles. The van der Waals surface area contributed by atoms with Crippen LogP contribution in [0, 0.1) is 0 Å². The molecule has 0 aromatic carbocycles. The smallest absolute Gasteiger partial charge is 0.349 e. The van der Waals surface area contributed by atoms with E-state index in [-0.39, 0.29) is 6.10 Å². The summed E-state index contributed by atoms with van der Waals surface area (Å²) in [6.07, 6.45) is 3.49. The number of ether oxygens (including phenoxy) is 1. The molecule has 0 aliphatic heterocycles. The van der Waals surface area contributed by atoms with Crippen molar-refractivity contribution < 1.29 is 14.6 Å². The molecule has 1 aliphatic rings. The molecule has 0 spiro atoms. The Morgan fingerprint density at radius 1 is 1.29 bits per heavy atom. The molecule has 0 bridgehead atoms. The third kappa shape index (κ3) is 3.60. The molecule has 2 aromatic rings. The zero-order valence-corrected chi connectivity index (χ0v) is 16.5. The van der Waals surface area contributed by atoms with E-state index in [0.717, 1.165) is 29.5 Å². The second-order valence-electron chi connectivity index (χ2n) is 5.96. The number of aliphatic hydroxyl groups is 1. The Labute approximate surface area is 158 Å². The molecule has 1 atom stereocenters. The topological polar surface area (TPSA) is 58.6 Å². The van der Waals surface area contributed by atoms with Gasteiger partial charge >= 0.3 is 5.97 Å². The Balaban J connectivity index is 1.80. The number of esters is 1. The first kappa shape index (κ1) is 18.1. The molecule has 130 valence electrons. The van der Waals surface area contributed by atoms with Crippen LogP contribution in [0.4, 0.5) is 0 Å². The predicted molar refractivity (Wildman–Crippen MR) is 101 cm³/mol. The van der Waals surface area contributed by atoms with Gasteiger partial charge in [-0.05, 0) is 72.2 Å². The van der Waals surface area contributed by atoms with Crippen molar-refractivity contribution in [1.29, 1.82) is 0 Å². The fourth-order valence-corrected chi connectivity index (χ4v) is 5.39. The lowest BCUT2D eigenvalue weighted by molar-refractivity contribution is -0.169. The van der Waals surface area contributed by atoms with E-state index in [9.17, 15) is 9.90 Å². The average Bonchev–Trinajstić information content (AvgIpc) is 3.26. The minimum Gasteiger partial charge on any atom is -0.460 e. The molecule has 7 heteroatoms. The summed E-state index contributed by atoms with van der Waals surface area (Å²) in [6.45, 7) is 0. The van der Waals surface area contributed by atoms with Crippen molar-refractivity contribution in [3.05, 3.63) is 43.2 Å². The SMILES string of the molecule is CN[C@H]1CC[C@H](OC(=O)[C@](O)(c2cccs2)c2ccc(Br)s2)CC1. The van der Waals surface area contributed by atoms with Crippen molar-refractivity contribution in [2.75, 3.05) is 7.05 Å². The van der Waals surface area contributed by atoms with E-state index in [4.69, 9.17) is 4.74 Å². The van der Waals surface area contributed by atoms with Gasteiger partial charge in [-0.15, -0.1) is 22.7 Å². The van der Waals surface area contributed by atoms with Crippen LogP contribution in [0.3, 0.4) is 0 Å². The van der Waals surface area contributed by atoms with Crippen molar-refractivity contribution >= 4 is 44.6 Å². The monoisotopic (exact) mass is 429 g/mol. The maximum atomic E-state index is 12.9. The molecule has 3 rings (SSSR count). The maximum Gasteiger partial charge on any atom is 0.349 e. The van der Waals surface area contributed by atoms with Crippen LogP contribution in [0.15, 0.2) is 33.4 Å². The van der Waals surface area contributed by atoms with Crippen LogP contribution in [-0.2, 0) is 15.1 Å². The molecule has 0 amide bonds. The lowest BCUT2D eigenvalue weighted by atomic mass is 9.92. The third-order valence-electron chi connectivity index (χ3n) is 4.46. The van der Waals surface area contributed by atoms with E-state index in [2.05, 4.69) is 21.2 Å². The van der Waals surface area contributed by atoms with Gasteiger partial charge in [-0.25, -0.2) is 4.79 Å². The van der Waals surface area contributed by atoms with Crippen LogP contribution in [0.1, 0.15) is 35.4 Å². The van der Waals surface area contributed by atoms with E-state index in [1.165, 1.54) is 22.7 Å². The normalized spacial score (nSPS) is 23.6. The van der Waals surface area contributed by atoms with Crippen LogP contribution in [0.2, 0.25) is 0 Å². The standard InChI is InChI=1S/C17H20BrNO3S2/c1-19-11-4-6-12(7-5-11)22-16(20)17(21,13-3-2-10-23-13)14-8-9-15(18)24-14/h2-3,8-12,19,21H,4-7H2,1H3/t11-,12-,17-/m0/s1. The first-order chi connectivity index (χ1) is 11.5. The van der Waals surface area contributed by atoms with Gasteiger partial charge in [0.05, 0.1) is 13.5 Å². The van der Waals surface area contributed by atoms with Crippen LogP contribution in [0.5, 0.6) is 0 Å². The summed E-state index contributed by atoms with van der Waals surface area (Å²) in [5.41, 5.74) is -1.73. The van der Waals surface area contributed by atoms with Crippen molar-refractivity contribution in [1.82, 2.24) is 5.32 Å². The van der Waals surface area contributed by atoms with Gasteiger partial charge in [0, 0.05) is 6.04 Å². The van der Waals surface area contributed by atoms with Gasteiger partial charge in [0.25, 0.3) is 0 Å². The zero-order chi connectivity index (χ0) is 17.2. The summed E-state index contributed by atoms with van der Waals surface area (Å²) < 4.78 is 6.59. The number of nitrogens with one attached hydrogen (secondary N) is 1. The summed E-state index contributed by atoms with van der Waals surface area (Å²) in [7, 11) is 1.96. The fraction of sp³-hybridized carbons (Fsp3) is 0.471. The number of halogens is 1. The molecule has 2 heterocycles. The highest BCUT2D eigenvalue weighted by atomic mass is 79.9. The second-order valence-corrected chi connectivity index (χ2v) is 9.37. The lowest BCUT2D eigenvalue weighted by Gasteiger charge is -2.31. The molecular formula is C17H20BrNO3S2. The van der Waals surface area contributed by atoms with E-state index >= 15 is 0 Å². The average molecular weight is 430 g/mol. The second kappa shape index (κ2) is 7.66. The molecule has 2 N–H and O–H groups in total. The number of carbonyl (C=O) groups is 1. The van der Waals surface area contributed by atoms with Crippen LogP contribution in [0.25, 0.3) is 0 Å². The molecule has 2 aromatic heterocycles. The van der Waals surface area contributed by atoms with Crippen LogP contribution in [-0.4, -0.2) is 30.3 Å². The van der Waals surface area contributed by atoms with E-state index in [0.29, 0.717) is 15.8 Å². The van der Waals surface area contributed by atoms with E-state index < -0.39 is 11.6 Å². The fourth-order valence-electron chi connectivity index (χ4n) is 3.02. The first-order valence-electron chi connectivity index (χ1n) is 7.94. The predicted octanol–water partition coefficient (Wildman–Crippen LogP) is 3.88. The highest BCUT2D eigenvalue weighted by Gasteiger charge is 2.45. The van der Waals surface area contributed by atoms with Crippen molar-refractivity contribution in [3.8, 4) is 0 Å². The highest BCUT2D eigenvalue weighted by Crippen LogP contribution is 2.40. The molecular weight excluding hydrogens is 410 g/mol. The largest absolute Gasteiger partial charge is 0.460 e. The maximum absolute atomic E-state index is 12.9. The first-order valence-corrected chi connectivity index (χ1v) is 10.4. The lowest BCUT2D eigenvalue weighted by Crippen LogP contribution is -2.41. The summed E-state index contributed by atoms with van der Waals surface area (Å²) in [5, 5.41) is 16.4. The van der Waals surface area contributed by atoms with Gasteiger partial charge in [0.2, 0.25) is 5.60 Å². The molecule has 4 nitrogen and oxygen atoms in total. The van der Waals surface area contributed by atoms with Crippen molar-refractivity contribution in [2.24, 2.45) is 0 Å². The molecule has 0 radical (unpaired) electrons. The number of hydrogen-bond acceptors (Lipinski definition) is 6. The summed E-state index contributed by atoms with van der Waals surface area (Å²) in [4.78, 5) is 14.1. The molecule has 1 aliphatic carbocycles. The van der Waals surface area contributed by atoms with Gasteiger partial charge in [0.1, 0.15) is 6.10 Å². The zero-order valence-electron chi connectivity index (χ0n) is 13.3. The van der Waals surface area contributed by atoms with Crippen molar-refractivity contribution in [2.45, 2.75) is 43.4 Å². The Morgan fingerprint density at radius 3 is 2.58 bits per heavy atom. The Kier molecular flexibility index (Phi) is 5.77. The Morgan fingerprint density at radius 2 is 2.04 bits per heavy atom. The quantitative estimate of drug-likeness (QED) is 0.707. The number of hydrogen-bond donors (Lipinski definition) is 2. The minimum absolute atomic E-state index is 0.128. The highest BCUT2D eigenvalue weighted by molar-refractivity contribution is 9.11. The molecule has 0 saturated heterocycles. The van der Waals surface area contributed by atoms with E-state index in [1.54, 1.807) is 12.1 Å². The summed E-state index contributed by atoms with van der Waals surface area (Å²) >= 11 is 6.11. The Bertz CT molecular complexity index is 680. The number of thiophene rings is 2. The third-order valence-corrected chi connectivity index (χ3v) is 7.17. The minimum atomic E-state index is -1.73. The van der Waals surface area contributed by atoms with Crippen LogP contribution < -0.4 is 5.32 Å². The summed E-state index contributed by atoms with van der Waals surface area (Å²) in [5.74, 6) is -0.577. The van der Waals surface area contributed by atoms with E-state index in [1.807, 2.05) is 24.6 Å². The number of carbonyl (C=O) groups excluding carboxylic acids is 1. The van der Waals surface area contributed by atoms with Gasteiger partial charge < -0.3 is 15.2 Å². The number of rotatable bonds is 5. The molecule has 24 heavy (non-hydrogen) atoms. The van der Waals surface area contributed by atoms with Crippen LogP contribution >= 0.6 is 38.6 Å². The summed E-state index contributed by atoms with van der Waals surface area (Å²) in [6, 6.07) is 7.71. The van der Waals surface area contributed by atoms with Gasteiger partial charge in [-0.1, -0.05) is 6.07 Å². The van der Waals surface area contributed by atoms with Gasteiger partial charge in [-0.2, -0.15) is 0 Å². The van der Waals surface area contributed by atoms with Gasteiger partial charge in [0.15, 0.2) is 0 Å². The van der Waals surface area contributed by atoms with Gasteiger partial charge in [-0.3, -0.25) is 0 Å². The van der Waals surface area contributed by atoms with Crippen molar-refractivity contribution in [3.63, 3.8) is 0 Å². The molecule has 1 fully saturated rings. The Hall–Kier alpha value is -0.730. The molecule has 0 unspecified atom stereocenters.